The Morgan fingerprint density at radius 3 is 1.80 bits per heavy atom. The van der Waals surface area contributed by atoms with E-state index >= 15 is 0 Å². The van der Waals surface area contributed by atoms with E-state index in [1.807, 2.05) is 72.8 Å². The number of rotatable bonds is 6. The lowest BCUT2D eigenvalue weighted by atomic mass is 9.76. The van der Waals surface area contributed by atoms with Crippen molar-refractivity contribution in [2.24, 2.45) is 0 Å². The molecular formula is C39H33NO5. The minimum Gasteiger partial charge on any atom is -0.497 e. The van der Waals surface area contributed by atoms with Crippen molar-refractivity contribution in [3.05, 3.63) is 118 Å². The van der Waals surface area contributed by atoms with Crippen molar-refractivity contribution in [2.75, 3.05) is 28.4 Å². The molecule has 1 aliphatic heterocycles. The van der Waals surface area contributed by atoms with Crippen LogP contribution in [0.15, 0.2) is 84.9 Å². The lowest BCUT2D eigenvalue weighted by Crippen LogP contribution is -2.35. The Kier molecular flexibility index (Phi) is 6.52. The Labute approximate surface area is 263 Å². The fourth-order valence-corrected chi connectivity index (χ4v) is 7.03. The van der Waals surface area contributed by atoms with Crippen molar-refractivity contribution >= 4 is 16.8 Å². The first-order chi connectivity index (χ1) is 21.8. The van der Waals surface area contributed by atoms with Crippen LogP contribution in [-0.2, 0) is 11.0 Å². The van der Waals surface area contributed by atoms with Crippen LogP contribution in [0, 0.1) is 11.3 Å². The number of benzene rings is 5. The van der Waals surface area contributed by atoms with Gasteiger partial charge in [-0.2, -0.15) is 5.26 Å². The van der Waals surface area contributed by atoms with Gasteiger partial charge in [-0.05, 0) is 82.2 Å². The van der Waals surface area contributed by atoms with Crippen LogP contribution in [0.3, 0.4) is 0 Å². The normalized spacial score (nSPS) is 14.9. The summed E-state index contributed by atoms with van der Waals surface area (Å²) in [7, 11) is 6.62. The fraction of sp³-hybridized carbons (Fsp3) is 0.205. The number of hydrogen-bond acceptors (Lipinski definition) is 6. The van der Waals surface area contributed by atoms with E-state index in [9.17, 15) is 5.26 Å². The Morgan fingerprint density at radius 1 is 0.689 bits per heavy atom. The molecule has 0 bridgehead atoms. The summed E-state index contributed by atoms with van der Waals surface area (Å²) in [5.74, 6) is 3.53. The molecule has 0 saturated carbocycles. The summed E-state index contributed by atoms with van der Waals surface area (Å²) in [6, 6.07) is 28.3. The zero-order valence-electron chi connectivity index (χ0n) is 26.1. The first kappa shape index (κ1) is 28.4. The highest BCUT2D eigenvalue weighted by molar-refractivity contribution is 6.09. The van der Waals surface area contributed by atoms with Crippen molar-refractivity contribution in [1.82, 2.24) is 0 Å². The van der Waals surface area contributed by atoms with E-state index < -0.39 is 11.0 Å². The summed E-state index contributed by atoms with van der Waals surface area (Å²) in [4.78, 5) is 0. The summed E-state index contributed by atoms with van der Waals surface area (Å²) < 4.78 is 29.9. The smallest absolute Gasteiger partial charge is 0.178 e. The maximum absolute atomic E-state index is 9.76. The van der Waals surface area contributed by atoms with Gasteiger partial charge in [-0.3, -0.25) is 0 Å². The molecule has 45 heavy (non-hydrogen) atoms. The molecule has 224 valence electrons. The van der Waals surface area contributed by atoms with E-state index in [0.717, 1.165) is 67.0 Å². The van der Waals surface area contributed by atoms with E-state index in [4.69, 9.17) is 23.7 Å². The minimum atomic E-state index is -0.955. The highest BCUT2D eigenvalue weighted by atomic mass is 16.5. The molecular weight excluding hydrogens is 562 g/mol. The number of hydrogen-bond donors (Lipinski definition) is 0. The molecule has 7 rings (SSSR count). The molecule has 0 saturated heterocycles. The molecule has 1 aliphatic carbocycles. The highest BCUT2D eigenvalue weighted by Gasteiger charge is 2.44. The van der Waals surface area contributed by atoms with Crippen molar-refractivity contribution in [2.45, 2.75) is 24.9 Å². The van der Waals surface area contributed by atoms with Crippen LogP contribution in [0.25, 0.3) is 28.0 Å². The van der Waals surface area contributed by atoms with Gasteiger partial charge in [0.2, 0.25) is 0 Å². The van der Waals surface area contributed by atoms with E-state index in [1.54, 1.807) is 28.4 Å². The molecule has 1 heterocycles. The maximum atomic E-state index is 9.76. The standard InChI is InChI=1S/C39H33NO5/c1-38(2)32-19-23(22-40)7-16-28(32)35-30-20-33(43-5)34(44-6)21-31(30)37-29(36(35)38)17-18-39(45-37,24-8-12-26(41-3)13-9-24)25-10-14-27(42-4)15-11-25/h7-21H,1-6H3. The van der Waals surface area contributed by atoms with Crippen molar-refractivity contribution in [1.29, 1.82) is 5.26 Å². The van der Waals surface area contributed by atoms with E-state index in [-0.39, 0.29) is 0 Å². The van der Waals surface area contributed by atoms with Crippen molar-refractivity contribution in [3.63, 3.8) is 0 Å². The molecule has 0 N–H and O–H groups in total. The molecule has 0 radical (unpaired) electrons. The quantitative estimate of drug-likeness (QED) is 0.196. The van der Waals surface area contributed by atoms with Crippen LogP contribution in [0.2, 0.25) is 0 Å². The lowest BCUT2D eigenvalue weighted by molar-refractivity contribution is 0.163. The molecule has 6 nitrogen and oxygen atoms in total. The van der Waals surface area contributed by atoms with Crippen molar-refractivity contribution in [3.8, 4) is 45.9 Å². The van der Waals surface area contributed by atoms with Crippen LogP contribution in [0.4, 0.5) is 0 Å². The van der Waals surface area contributed by atoms with Crippen LogP contribution < -0.4 is 23.7 Å². The molecule has 5 aromatic carbocycles. The van der Waals surface area contributed by atoms with Gasteiger partial charge >= 0.3 is 0 Å². The lowest BCUT2D eigenvalue weighted by Gasteiger charge is -2.38. The average molecular weight is 596 g/mol. The molecule has 0 atom stereocenters. The topological polar surface area (TPSA) is 69.9 Å². The molecule has 0 spiro atoms. The highest BCUT2D eigenvalue weighted by Crippen LogP contribution is 2.59. The SMILES string of the molecule is COc1ccc(C2(c3ccc(OC)cc3)C=Cc3c4c(c5cc(OC)c(OC)cc5c3O2)-c2ccc(C#N)cc2C4(C)C)cc1. The third-order valence-electron chi connectivity index (χ3n) is 9.30. The third-order valence-corrected chi connectivity index (χ3v) is 9.30. The molecule has 2 aliphatic rings. The second-order valence-electron chi connectivity index (χ2n) is 11.9. The van der Waals surface area contributed by atoms with Gasteiger partial charge in [0.05, 0.1) is 40.1 Å². The van der Waals surface area contributed by atoms with Crippen LogP contribution in [0.5, 0.6) is 28.7 Å². The van der Waals surface area contributed by atoms with Gasteiger partial charge < -0.3 is 23.7 Å². The Hall–Kier alpha value is -5.41. The average Bonchev–Trinajstić information content (AvgIpc) is 3.33. The Balaban J connectivity index is 1.57. The second-order valence-corrected chi connectivity index (χ2v) is 11.9. The van der Waals surface area contributed by atoms with Crippen LogP contribution in [-0.4, -0.2) is 28.4 Å². The predicted molar refractivity (Wildman–Crippen MR) is 176 cm³/mol. The van der Waals surface area contributed by atoms with Gasteiger partial charge in [-0.25, -0.2) is 0 Å². The Morgan fingerprint density at radius 2 is 1.27 bits per heavy atom. The number of fused-ring (bicyclic) bond motifs is 8. The van der Waals surface area contributed by atoms with Gasteiger partial charge in [-0.1, -0.05) is 50.3 Å². The number of methoxy groups -OCH3 is 4. The molecule has 0 amide bonds. The molecule has 0 fully saturated rings. The van der Waals surface area contributed by atoms with E-state index in [2.05, 4.69) is 38.1 Å². The summed E-state index contributed by atoms with van der Waals surface area (Å²) in [6.45, 7) is 4.43. The second kappa shape index (κ2) is 10.3. The van der Waals surface area contributed by atoms with Crippen LogP contribution >= 0.6 is 0 Å². The number of nitriles is 1. The third kappa shape index (κ3) is 4.08. The first-order valence-corrected chi connectivity index (χ1v) is 14.8. The van der Waals surface area contributed by atoms with Gasteiger partial charge in [0.25, 0.3) is 0 Å². The molecule has 0 unspecified atom stereocenters. The zero-order chi connectivity index (χ0) is 31.5. The molecule has 0 aromatic heterocycles. The van der Waals surface area contributed by atoms with Gasteiger partial charge in [0.15, 0.2) is 17.1 Å². The monoisotopic (exact) mass is 595 g/mol. The van der Waals surface area contributed by atoms with E-state index in [1.165, 1.54) is 0 Å². The van der Waals surface area contributed by atoms with E-state index in [0.29, 0.717) is 17.1 Å². The zero-order valence-corrected chi connectivity index (χ0v) is 26.1. The summed E-state index contributed by atoms with van der Waals surface area (Å²) in [5, 5.41) is 11.7. The minimum absolute atomic E-state index is 0.406. The largest absolute Gasteiger partial charge is 0.497 e. The van der Waals surface area contributed by atoms with Gasteiger partial charge in [-0.15, -0.1) is 0 Å². The summed E-state index contributed by atoms with van der Waals surface area (Å²) in [5.41, 5.74) is 6.65. The summed E-state index contributed by atoms with van der Waals surface area (Å²) >= 11 is 0. The van der Waals surface area contributed by atoms with Gasteiger partial charge in [0.1, 0.15) is 17.2 Å². The number of ether oxygens (including phenoxy) is 5. The molecule has 5 aromatic rings. The van der Waals surface area contributed by atoms with Crippen LogP contribution in [0.1, 0.15) is 47.2 Å². The van der Waals surface area contributed by atoms with Gasteiger partial charge in [0, 0.05) is 27.5 Å². The summed E-state index contributed by atoms with van der Waals surface area (Å²) in [6.07, 6.45) is 4.34. The maximum Gasteiger partial charge on any atom is 0.178 e. The fourth-order valence-electron chi connectivity index (χ4n) is 7.03. The Bertz CT molecular complexity index is 2000. The number of nitrogens with zero attached hydrogens (tertiary/aromatic N) is 1. The van der Waals surface area contributed by atoms with Crippen molar-refractivity contribution < 1.29 is 23.7 Å². The predicted octanol–water partition coefficient (Wildman–Crippen LogP) is 8.40. The first-order valence-electron chi connectivity index (χ1n) is 14.8. The molecule has 6 heteroatoms.